The first-order valence-corrected chi connectivity index (χ1v) is 7.11. The minimum absolute atomic E-state index is 0.0593. The minimum Gasteiger partial charge on any atom is -0.464 e. The van der Waals surface area contributed by atoms with Crippen LogP contribution in [0, 0.1) is 5.92 Å². The van der Waals surface area contributed by atoms with E-state index in [4.69, 9.17) is 9.47 Å². The smallest absolute Gasteiger partial charge is 0.408 e. The predicted octanol–water partition coefficient (Wildman–Crippen LogP) is 2.23. The van der Waals surface area contributed by atoms with Crippen LogP contribution in [0.1, 0.15) is 34.1 Å². The van der Waals surface area contributed by atoms with Gasteiger partial charge in [0.15, 0.2) is 0 Å². The van der Waals surface area contributed by atoms with Crippen LogP contribution in [0.5, 0.6) is 0 Å². The van der Waals surface area contributed by atoms with E-state index in [-0.39, 0.29) is 11.9 Å². The number of alkyl carbamates (subject to hydrolysis) is 1. The van der Waals surface area contributed by atoms with Gasteiger partial charge in [0, 0.05) is 11.2 Å². The summed E-state index contributed by atoms with van der Waals surface area (Å²) in [6, 6.07) is 0. The summed E-state index contributed by atoms with van der Waals surface area (Å²) in [4.78, 5) is 23.6. The van der Waals surface area contributed by atoms with Crippen molar-refractivity contribution in [2.75, 3.05) is 11.9 Å². The van der Waals surface area contributed by atoms with Crippen molar-refractivity contribution in [1.29, 1.82) is 0 Å². The fraction of sp³-hybridized carbons (Fsp3) is 0.833. The fourth-order valence-corrected chi connectivity index (χ4v) is 2.50. The lowest BCUT2D eigenvalue weighted by Crippen LogP contribution is -2.48. The van der Waals surface area contributed by atoms with Crippen LogP contribution >= 0.6 is 15.9 Å². The molecule has 1 saturated carbocycles. The molecule has 1 aliphatic rings. The highest BCUT2D eigenvalue weighted by Gasteiger charge is 2.62. The summed E-state index contributed by atoms with van der Waals surface area (Å²) >= 11 is 3.32. The summed E-state index contributed by atoms with van der Waals surface area (Å²) in [5.41, 5.74) is -1.50. The van der Waals surface area contributed by atoms with Crippen LogP contribution in [0.3, 0.4) is 0 Å². The summed E-state index contributed by atoms with van der Waals surface area (Å²) in [5.74, 6) is -0.329. The van der Waals surface area contributed by atoms with Gasteiger partial charge in [-0.05, 0) is 34.1 Å². The third-order valence-corrected chi connectivity index (χ3v) is 3.44. The average molecular weight is 322 g/mol. The van der Waals surface area contributed by atoms with Crippen LogP contribution in [0.4, 0.5) is 4.79 Å². The quantitative estimate of drug-likeness (QED) is 0.637. The molecular weight excluding hydrogens is 302 g/mol. The van der Waals surface area contributed by atoms with E-state index in [0.29, 0.717) is 18.4 Å². The van der Waals surface area contributed by atoms with E-state index in [1.807, 2.05) is 0 Å². The zero-order valence-electron chi connectivity index (χ0n) is 11.2. The molecule has 1 amide bonds. The second kappa shape index (κ2) is 5.47. The molecule has 0 bridgehead atoms. The monoisotopic (exact) mass is 321 g/mol. The lowest BCUT2D eigenvalue weighted by atomic mass is 10.2. The van der Waals surface area contributed by atoms with Crippen LogP contribution in [-0.2, 0) is 14.3 Å². The number of carbonyl (C=O) groups is 2. The SMILES string of the molecule is CCOC(=O)[C@]1(NC(=O)OC(C)(C)C)C[C@@H]1CBr. The molecule has 0 aromatic carbocycles. The third-order valence-electron chi connectivity index (χ3n) is 2.66. The Morgan fingerprint density at radius 1 is 1.44 bits per heavy atom. The first-order valence-electron chi connectivity index (χ1n) is 5.99. The van der Waals surface area contributed by atoms with Crippen molar-refractivity contribution in [2.45, 2.75) is 45.3 Å². The first-order chi connectivity index (χ1) is 8.25. The standard InChI is InChI=1S/C12H20BrNO4/c1-5-17-9(15)12(6-8(12)7-13)14-10(16)18-11(2,3)4/h8H,5-7H2,1-4H3,(H,14,16)/t8-,12+/m1/s1. The number of rotatable bonds is 4. The van der Waals surface area contributed by atoms with Crippen molar-refractivity contribution in [1.82, 2.24) is 5.32 Å². The van der Waals surface area contributed by atoms with E-state index >= 15 is 0 Å². The molecule has 0 heterocycles. The summed E-state index contributed by atoms with van der Waals surface area (Å²) < 4.78 is 10.2. The average Bonchev–Trinajstić information content (AvgIpc) is 2.90. The molecule has 104 valence electrons. The Balaban J connectivity index is 2.65. The summed E-state index contributed by atoms with van der Waals surface area (Å²) in [6.07, 6.45) is -0.00457. The number of hydrogen-bond acceptors (Lipinski definition) is 4. The van der Waals surface area contributed by atoms with Gasteiger partial charge in [-0.1, -0.05) is 15.9 Å². The van der Waals surface area contributed by atoms with Crippen molar-refractivity contribution in [2.24, 2.45) is 5.92 Å². The molecule has 18 heavy (non-hydrogen) atoms. The Morgan fingerprint density at radius 3 is 2.44 bits per heavy atom. The Labute approximate surface area is 116 Å². The number of alkyl halides is 1. The molecule has 1 N–H and O–H groups in total. The van der Waals surface area contributed by atoms with Gasteiger partial charge >= 0.3 is 12.1 Å². The van der Waals surface area contributed by atoms with Crippen molar-refractivity contribution in [3.8, 4) is 0 Å². The number of hydrogen-bond donors (Lipinski definition) is 1. The number of ether oxygens (including phenoxy) is 2. The number of esters is 1. The van der Waals surface area contributed by atoms with Crippen molar-refractivity contribution in [3.63, 3.8) is 0 Å². The van der Waals surface area contributed by atoms with Gasteiger partial charge in [0.05, 0.1) is 6.61 Å². The fourth-order valence-electron chi connectivity index (χ4n) is 1.72. The highest BCUT2D eigenvalue weighted by Crippen LogP contribution is 2.45. The predicted molar refractivity (Wildman–Crippen MR) is 70.6 cm³/mol. The molecule has 5 nitrogen and oxygen atoms in total. The van der Waals surface area contributed by atoms with Crippen LogP contribution in [-0.4, -0.2) is 35.1 Å². The van der Waals surface area contributed by atoms with Crippen LogP contribution in [0.15, 0.2) is 0 Å². The van der Waals surface area contributed by atoms with Crippen molar-refractivity contribution >= 4 is 28.0 Å². The van der Waals surface area contributed by atoms with E-state index in [9.17, 15) is 9.59 Å². The van der Waals surface area contributed by atoms with Crippen LogP contribution in [0.2, 0.25) is 0 Å². The van der Waals surface area contributed by atoms with E-state index in [0.717, 1.165) is 0 Å². The van der Waals surface area contributed by atoms with Crippen molar-refractivity contribution in [3.05, 3.63) is 0 Å². The Kier molecular flexibility index (Phi) is 4.64. The maximum atomic E-state index is 11.9. The maximum absolute atomic E-state index is 11.9. The normalized spacial score (nSPS) is 26.4. The molecule has 2 atom stereocenters. The lowest BCUT2D eigenvalue weighted by molar-refractivity contribution is -0.147. The van der Waals surface area contributed by atoms with Gasteiger partial charge in [0.25, 0.3) is 0 Å². The Hall–Kier alpha value is -0.780. The third kappa shape index (κ3) is 3.60. The summed E-state index contributed by atoms with van der Waals surface area (Å²) in [5, 5.41) is 3.28. The molecule has 1 fully saturated rings. The van der Waals surface area contributed by atoms with Gasteiger partial charge in [0.1, 0.15) is 11.1 Å². The summed E-state index contributed by atoms with van der Waals surface area (Å²) in [6.45, 7) is 7.37. The van der Waals surface area contributed by atoms with E-state index in [1.165, 1.54) is 0 Å². The molecular formula is C12H20BrNO4. The highest BCUT2D eigenvalue weighted by molar-refractivity contribution is 9.09. The molecule has 0 saturated heterocycles. The largest absolute Gasteiger partial charge is 0.464 e. The van der Waals surface area contributed by atoms with Gasteiger partial charge in [-0.3, -0.25) is 0 Å². The highest BCUT2D eigenvalue weighted by atomic mass is 79.9. The number of carbonyl (C=O) groups excluding carboxylic acids is 2. The molecule has 1 rings (SSSR count). The van der Waals surface area contributed by atoms with Gasteiger partial charge < -0.3 is 14.8 Å². The van der Waals surface area contributed by atoms with Gasteiger partial charge in [0.2, 0.25) is 0 Å². The topological polar surface area (TPSA) is 64.6 Å². The number of halogens is 1. The molecule has 0 aromatic rings. The van der Waals surface area contributed by atoms with Gasteiger partial charge in [-0.15, -0.1) is 0 Å². The van der Waals surface area contributed by atoms with Gasteiger partial charge in [-0.2, -0.15) is 0 Å². The molecule has 0 aliphatic heterocycles. The maximum Gasteiger partial charge on any atom is 0.408 e. The second-order valence-corrected chi connectivity index (χ2v) is 6.02. The Bertz CT molecular complexity index is 339. The molecule has 0 radical (unpaired) electrons. The van der Waals surface area contributed by atoms with Gasteiger partial charge in [-0.25, -0.2) is 9.59 Å². The summed E-state index contributed by atoms with van der Waals surface area (Å²) in [7, 11) is 0. The van der Waals surface area contributed by atoms with Crippen molar-refractivity contribution < 1.29 is 19.1 Å². The zero-order valence-corrected chi connectivity index (χ0v) is 12.8. The zero-order chi connectivity index (χ0) is 14.0. The molecule has 0 spiro atoms. The number of amides is 1. The molecule has 1 aliphatic carbocycles. The number of nitrogens with one attached hydrogen (secondary N) is 1. The lowest BCUT2D eigenvalue weighted by Gasteiger charge is -2.23. The molecule has 6 heteroatoms. The van der Waals surface area contributed by atoms with E-state index in [2.05, 4.69) is 21.2 Å². The van der Waals surface area contributed by atoms with Crippen LogP contribution in [0.25, 0.3) is 0 Å². The Morgan fingerprint density at radius 2 is 2.06 bits per heavy atom. The molecule has 0 aromatic heterocycles. The second-order valence-electron chi connectivity index (χ2n) is 5.37. The van der Waals surface area contributed by atoms with Crippen LogP contribution < -0.4 is 5.32 Å². The van der Waals surface area contributed by atoms with E-state index in [1.54, 1.807) is 27.7 Å². The first kappa shape index (κ1) is 15.3. The van der Waals surface area contributed by atoms with E-state index < -0.39 is 17.2 Å². The molecule has 0 unspecified atom stereocenters. The minimum atomic E-state index is -0.915.